The van der Waals surface area contributed by atoms with E-state index in [0.29, 0.717) is 11.3 Å². The Hall–Kier alpha value is -2.09. The minimum atomic E-state index is -3.25. The highest BCUT2D eigenvalue weighted by Crippen LogP contribution is 2.19. The third-order valence-corrected chi connectivity index (χ3v) is 5.43. The van der Waals surface area contributed by atoms with Crippen LogP contribution in [0.3, 0.4) is 0 Å². The van der Waals surface area contributed by atoms with Crippen LogP contribution in [0.25, 0.3) is 0 Å². The van der Waals surface area contributed by atoms with Crippen molar-refractivity contribution in [2.75, 3.05) is 19.1 Å². The van der Waals surface area contributed by atoms with Crippen LogP contribution in [0, 0.1) is 0 Å². The van der Waals surface area contributed by atoms with Crippen molar-refractivity contribution in [3.05, 3.63) is 29.8 Å². The summed E-state index contributed by atoms with van der Waals surface area (Å²) in [5, 5.41) is 5.58. The average molecular weight is 382 g/mol. The van der Waals surface area contributed by atoms with E-state index in [1.165, 1.54) is 7.11 Å². The van der Waals surface area contributed by atoms with Crippen molar-refractivity contribution in [1.82, 2.24) is 10.6 Å². The van der Waals surface area contributed by atoms with Crippen LogP contribution in [0.15, 0.2) is 24.3 Å². The number of carbonyl (C=O) groups excluding carboxylic acids is 2. The van der Waals surface area contributed by atoms with Crippen molar-refractivity contribution < 1.29 is 22.7 Å². The Kier molecular flexibility index (Phi) is 7.02. The maximum atomic E-state index is 12.6. The fourth-order valence-electron chi connectivity index (χ4n) is 3.04. The summed E-state index contributed by atoms with van der Waals surface area (Å²) >= 11 is 0. The highest BCUT2D eigenvalue weighted by molar-refractivity contribution is 7.90. The number of hydrogen-bond acceptors (Lipinski definition) is 5. The largest absolute Gasteiger partial charge is 0.496 e. The van der Waals surface area contributed by atoms with E-state index in [9.17, 15) is 18.0 Å². The van der Waals surface area contributed by atoms with Gasteiger partial charge in [0.25, 0.3) is 5.91 Å². The summed E-state index contributed by atoms with van der Waals surface area (Å²) in [6.45, 7) is 0. The molecule has 8 heteroatoms. The van der Waals surface area contributed by atoms with Gasteiger partial charge in [-0.1, -0.05) is 25.0 Å². The number of methoxy groups -OCH3 is 1. The Morgan fingerprint density at radius 3 is 2.50 bits per heavy atom. The molecule has 26 heavy (non-hydrogen) atoms. The van der Waals surface area contributed by atoms with Crippen molar-refractivity contribution in [3.8, 4) is 5.75 Å². The third-order valence-electron chi connectivity index (χ3n) is 4.45. The Labute approximate surface area is 154 Å². The molecule has 0 bridgehead atoms. The molecule has 1 saturated carbocycles. The number of sulfone groups is 1. The van der Waals surface area contributed by atoms with Gasteiger partial charge in [-0.2, -0.15) is 0 Å². The molecule has 2 N–H and O–H groups in total. The summed E-state index contributed by atoms with van der Waals surface area (Å²) in [5.74, 6) is -0.600. The molecular formula is C18H26N2O5S. The summed E-state index contributed by atoms with van der Waals surface area (Å²) in [6, 6.07) is 5.86. The zero-order valence-electron chi connectivity index (χ0n) is 15.2. The predicted octanol–water partition coefficient (Wildman–Crippen LogP) is 1.29. The smallest absolute Gasteiger partial charge is 0.255 e. The van der Waals surface area contributed by atoms with Gasteiger partial charge in [0, 0.05) is 12.3 Å². The van der Waals surface area contributed by atoms with E-state index in [2.05, 4.69) is 10.6 Å². The first-order valence-corrected chi connectivity index (χ1v) is 10.8. The van der Waals surface area contributed by atoms with Crippen LogP contribution in [0.1, 0.15) is 42.5 Å². The van der Waals surface area contributed by atoms with Crippen LogP contribution in [0.5, 0.6) is 5.75 Å². The van der Waals surface area contributed by atoms with Crippen LogP contribution in [-0.2, 0) is 14.6 Å². The van der Waals surface area contributed by atoms with Gasteiger partial charge in [-0.15, -0.1) is 0 Å². The van der Waals surface area contributed by atoms with E-state index in [0.717, 1.165) is 31.9 Å². The Morgan fingerprint density at radius 2 is 1.88 bits per heavy atom. The second-order valence-electron chi connectivity index (χ2n) is 6.63. The summed E-state index contributed by atoms with van der Waals surface area (Å²) in [6.07, 6.45) is 5.08. The normalized spacial score (nSPS) is 16.1. The zero-order valence-corrected chi connectivity index (χ0v) is 16.0. The molecule has 0 radical (unpaired) electrons. The third kappa shape index (κ3) is 6.01. The van der Waals surface area contributed by atoms with Gasteiger partial charge in [-0.05, 0) is 31.4 Å². The van der Waals surface area contributed by atoms with Crippen LogP contribution in [-0.4, -0.2) is 51.4 Å². The fourth-order valence-corrected chi connectivity index (χ4v) is 3.70. The maximum Gasteiger partial charge on any atom is 0.255 e. The summed E-state index contributed by atoms with van der Waals surface area (Å²) < 4.78 is 28.2. The van der Waals surface area contributed by atoms with Crippen LogP contribution in [0.2, 0.25) is 0 Å². The van der Waals surface area contributed by atoms with Gasteiger partial charge in [-0.3, -0.25) is 9.59 Å². The van der Waals surface area contributed by atoms with Crippen molar-refractivity contribution in [3.63, 3.8) is 0 Å². The first kappa shape index (κ1) is 20.2. The Morgan fingerprint density at radius 1 is 1.23 bits per heavy atom. The first-order valence-electron chi connectivity index (χ1n) is 8.72. The van der Waals surface area contributed by atoms with E-state index >= 15 is 0 Å². The van der Waals surface area contributed by atoms with E-state index < -0.39 is 21.8 Å². The minimum absolute atomic E-state index is 0.0261. The van der Waals surface area contributed by atoms with Crippen molar-refractivity contribution >= 4 is 21.7 Å². The van der Waals surface area contributed by atoms with E-state index in [-0.39, 0.29) is 24.1 Å². The summed E-state index contributed by atoms with van der Waals surface area (Å²) in [7, 11) is -1.79. The number of carbonyl (C=O) groups is 2. The number of hydrogen-bond donors (Lipinski definition) is 2. The molecule has 0 aliphatic heterocycles. The second kappa shape index (κ2) is 9.02. The molecule has 2 amide bonds. The van der Waals surface area contributed by atoms with Gasteiger partial charge in [-0.25, -0.2) is 8.42 Å². The predicted molar refractivity (Wildman–Crippen MR) is 99.0 cm³/mol. The highest BCUT2D eigenvalue weighted by Gasteiger charge is 2.27. The molecule has 2 rings (SSSR count). The maximum absolute atomic E-state index is 12.6. The van der Waals surface area contributed by atoms with Crippen molar-refractivity contribution in [2.45, 2.75) is 44.2 Å². The van der Waals surface area contributed by atoms with E-state index in [4.69, 9.17) is 4.74 Å². The monoisotopic (exact) mass is 382 g/mol. The molecule has 0 heterocycles. The topological polar surface area (TPSA) is 102 Å². The molecule has 0 spiro atoms. The van der Waals surface area contributed by atoms with Crippen molar-refractivity contribution in [2.24, 2.45) is 0 Å². The number of ether oxygens (including phenoxy) is 1. The zero-order chi connectivity index (χ0) is 19.2. The van der Waals surface area contributed by atoms with Gasteiger partial charge in [0.2, 0.25) is 5.91 Å². The number of nitrogens with one attached hydrogen (secondary N) is 2. The molecule has 1 fully saturated rings. The minimum Gasteiger partial charge on any atom is -0.496 e. The standard InChI is InChI=1S/C18H26N2O5S/c1-25-16-10-6-5-9-14(16)17(21)20-15(11-12-26(2,23)24)18(22)19-13-7-3-4-8-13/h5-6,9-10,13,15H,3-4,7-8,11-12H2,1-2H3,(H,19,22)(H,20,21)/t15-/m0/s1. The number of rotatable bonds is 8. The molecular weight excluding hydrogens is 356 g/mol. The quantitative estimate of drug-likeness (QED) is 0.705. The van der Waals surface area contributed by atoms with E-state index in [1.54, 1.807) is 24.3 Å². The Bertz CT molecular complexity index is 742. The Balaban J connectivity index is 2.11. The molecule has 0 unspecified atom stereocenters. The van der Waals surface area contributed by atoms with Crippen LogP contribution < -0.4 is 15.4 Å². The molecule has 144 valence electrons. The highest BCUT2D eigenvalue weighted by atomic mass is 32.2. The first-order chi connectivity index (χ1) is 12.3. The van der Waals surface area contributed by atoms with Crippen molar-refractivity contribution in [1.29, 1.82) is 0 Å². The van der Waals surface area contributed by atoms with Gasteiger partial charge in [0.05, 0.1) is 18.4 Å². The van der Waals surface area contributed by atoms with Gasteiger partial charge < -0.3 is 15.4 Å². The molecule has 1 aromatic carbocycles. The lowest BCUT2D eigenvalue weighted by Crippen LogP contribution is -2.49. The summed E-state index contributed by atoms with van der Waals surface area (Å²) in [5.41, 5.74) is 0.299. The molecule has 1 aromatic rings. The fraction of sp³-hybridized carbons (Fsp3) is 0.556. The average Bonchev–Trinajstić information content (AvgIpc) is 3.10. The van der Waals surface area contributed by atoms with Gasteiger partial charge in [0.15, 0.2) is 0 Å². The molecule has 7 nitrogen and oxygen atoms in total. The molecule has 0 aromatic heterocycles. The SMILES string of the molecule is COc1ccccc1C(=O)N[C@@H](CCS(C)(=O)=O)C(=O)NC1CCCC1. The second-order valence-corrected chi connectivity index (χ2v) is 8.89. The van der Waals surface area contributed by atoms with Gasteiger partial charge >= 0.3 is 0 Å². The lowest BCUT2D eigenvalue weighted by atomic mass is 10.1. The molecule has 1 aliphatic rings. The number of para-hydroxylation sites is 1. The lowest BCUT2D eigenvalue weighted by molar-refractivity contribution is -0.123. The number of benzene rings is 1. The molecule has 1 aliphatic carbocycles. The lowest BCUT2D eigenvalue weighted by Gasteiger charge is -2.21. The van der Waals surface area contributed by atoms with E-state index in [1.807, 2.05) is 0 Å². The summed E-state index contributed by atoms with van der Waals surface area (Å²) in [4.78, 5) is 25.2. The van der Waals surface area contributed by atoms with Gasteiger partial charge in [0.1, 0.15) is 21.6 Å². The van der Waals surface area contributed by atoms with Crippen LogP contribution in [0.4, 0.5) is 0 Å². The molecule has 1 atom stereocenters. The number of amides is 2. The van der Waals surface area contributed by atoms with Crippen LogP contribution >= 0.6 is 0 Å². The molecule has 0 saturated heterocycles.